The largest absolute Gasteiger partial charge is 0.393 e. The second kappa shape index (κ2) is 5.44. The van der Waals surface area contributed by atoms with Crippen LogP contribution >= 0.6 is 0 Å². The van der Waals surface area contributed by atoms with Crippen molar-refractivity contribution in [1.82, 2.24) is 9.55 Å². The molecule has 0 bridgehead atoms. The molecule has 1 fully saturated rings. The van der Waals surface area contributed by atoms with Crippen LogP contribution in [0.4, 0.5) is 5.82 Å². The second-order valence-corrected chi connectivity index (χ2v) is 4.83. The number of H-pyrrole nitrogens is 1. The molecule has 0 saturated carbocycles. The molecule has 19 heavy (non-hydrogen) atoms. The highest BCUT2D eigenvalue weighted by Gasteiger charge is 2.22. The normalized spacial score (nSPS) is 16.6. The van der Waals surface area contributed by atoms with Gasteiger partial charge < -0.3 is 10.0 Å². The third kappa shape index (κ3) is 2.63. The number of aliphatic hydroxyl groups is 1. The van der Waals surface area contributed by atoms with Gasteiger partial charge in [-0.25, -0.2) is 4.79 Å². The van der Waals surface area contributed by atoms with Gasteiger partial charge in [-0.2, -0.15) is 0 Å². The van der Waals surface area contributed by atoms with Gasteiger partial charge in [0.25, 0.3) is 5.56 Å². The van der Waals surface area contributed by atoms with Gasteiger partial charge in [0.15, 0.2) is 0 Å². The molecular weight excluding hydrogens is 246 g/mol. The van der Waals surface area contributed by atoms with Gasteiger partial charge in [-0.3, -0.25) is 14.3 Å². The predicted molar refractivity (Wildman–Crippen MR) is 73.7 cm³/mol. The Morgan fingerprint density at radius 2 is 2.05 bits per heavy atom. The molecular formula is C13H19N3O3. The average Bonchev–Trinajstić information content (AvgIpc) is 2.40. The summed E-state index contributed by atoms with van der Waals surface area (Å²) in [6.45, 7) is 4.92. The summed E-state index contributed by atoms with van der Waals surface area (Å²) in [4.78, 5) is 28.6. The van der Waals surface area contributed by atoms with Crippen LogP contribution in [0.3, 0.4) is 0 Å². The van der Waals surface area contributed by atoms with Crippen molar-refractivity contribution in [3.05, 3.63) is 39.1 Å². The molecule has 0 atom stereocenters. The average molecular weight is 265 g/mol. The van der Waals surface area contributed by atoms with E-state index < -0.39 is 5.69 Å². The minimum atomic E-state index is -0.418. The number of nitrogens with zero attached hydrogens (tertiary/aromatic N) is 2. The predicted octanol–water partition coefficient (Wildman–Crippen LogP) is -0.237. The molecule has 1 saturated heterocycles. The summed E-state index contributed by atoms with van der Waals surface area (Å²) in [7, 11) is 1.46. The standard InChI is InChI=1S/C13H19N3O3/c1-3-4-10-11(14-13(19)15(2)12(10)18)16-7-5-9(17)6-8-16/h3,9,17H,1,4-8H2,2H3,(H,14,19). The van der Waals surface area contributed by atoms with Gasteiger partial charge >= 0.3 is 5.69 Å². The lowest BCUT2D eigenvalue weighted by atomic mass is 10.1. The van der Waals surface area contributed by atoms with E-state index in [-0.39, 0.29) is 11.7 Å². The van der Waals surface area contributed by atoms with Crippen LogP contribution in [0.5, 0.6) is 0 Å². The lowest BCUT2D eigenvalue weighted by Gasteiger charge is -2.32. The Morgan fingerprint density at radius 3 is 2.63 bits per heavy atom. The van der Waals surface area contributed by atoms with Crippen LogP contribution in [0.2, 0.25) is 0 Å². The molecule has 1 aromatic heterocycles. The first-order valence-electron chi connectivity index (χ1n) is 6.40. The number of nitrogens with one attached hydrogen (secondary N) is 1. The summed E-state index contributed by atoms with van der Waals surface area (Å²) in [5.41, 5.74) is -0.155. The Bertz CT molecular complexity index is 580. The molecule has 0 amide bonds. The van der Waals surface area contributed by atoms with Crippen LogP contribution in [-0.4, -0.2) is 33.9 Å². The van der Waals surface area contributed by atoms with Crippen LogP contribution in [0, 0.1) is 0 Å². The van der Waals surface area contributed by atoms with Gasteiger partial charge in [-0.15, -0.1) is 6.58 Å². The minimum Gasteiger partial charge on any atom is -0.393 e. The van der Waals surface area contributed by atoms with Gasteiger partial charge in [0, 0.05) is 20.1 Å². The van der Waals surface area contributed by atoms with Crippen LogP contribution < -0.4 is 16.1 Å². The number of hydrogen-bond donors (Lipinski definition) is 2. The quantitative estimate of drug-likeness (QED) is 0.740. The molecule has 6 heteroatoms. The number of rotatable bonds is 3. The summed E-state index contributed by atoms with van der Waals surface area (Å²) in [5.74, 6) is 0.569. The van der Waals surface area contributed by atoms with E-state index in [4.69, 9.17) is 0 Å². The molecule has 0 aliphatic carbocycles. The first-order valence-corrected chi connectivity index (χ1v) is 6.40. The van der Waals surface area contributed by atoms with Crippen molar-refractivity contribution in [2.45, 2.75) is 25.4 Å². The lowest BCUT2D eigenvalue weighted by Crippen LogP contribution is -2.42. The lowest BCUT2D eigenvalue weighted by molar-refractivity contribution is 0.145. The van der Waals surface area contributed by atoms with Gasteiger partial charge in [-0.05, 0) is 19.3 Å². The number of aromatic nitrogens is 2. The zero-order valence-corrected chi connectivity index (χ0v) is 11.1. The van der Waals surface area contributed by atoms with Crippen LogP contribution in [0.1, 0.15) is 18.4 Å². The third-order valence-electron chi connectivity index (χ3n) is 3.51. The highest BCUT2D eigenvalue weighted by atomic mass is 16.3. The maximum absolute atomic E-state index is 12.1. The number of allylic oxidation sites excluding steroid dienone is 1. The van der Waals surface area contributed by atoms with Crippen molar-refractivity contribution >= 4 is 5.82 Å². The Labute approximate surface area is 111 Å². The molecule has 0 radical (unpaired) electrons. The first kappa shape index (κ1) is 13.6. The number of aromatic amines is 1. The number of piperidine rings is 1. The summed E-state index contributed by atoms with van der Waals surface area (Å²) >= 11 is 0. The monoisotopic (exact) mass is 265 g/mol. The third-order valence-corrected chi connectivity index (χ3v) is 3.51. The topological polar surface area (TPSA) is 78.3 Å². The minimum absolute atomic E-state index is 0.287. The van der Waals surface area contributed by atoms with Crippen LogP contribution in [0.15, 0.2) is 22.2 Å². The fraction of sp³-hybridized carbons (Fsp3) is 0.538. The van der Waals surface area contributed by atoms with E-state index in [1.165, 1.54) is 7.05 Å². The molecule has 0 aromatic carbocycles. The molecule has 1 aromatic rings. The molecule has 0 unspecified atom stereocenters. The van der Waals surface area contributed by atoms with Crippen molar-refractivity contribution in [2.24, 2.45) is 7.05 Å². The van der Waals surface area contributed by atoms with Crippen LogP contribution in [-0.2, 0) is 13.5 Å². The number of hydrogen-bond acceptors (Lipinski definition) is 4. The second-order valence-electron chi connectivity index (χ2n) is 4.83. The Morgan fingerprint density at radius 1 is 1.42 bits per heavy atom. The highest BCUT2D eigenvalue weighted by molar-refractivity contribution is 5.46. The summed E-state index contributed by atoms with van der Waals surface area (Å²) < 4.78 is 1.07. The number of aliphatic hydroxyl groups excluding tert-OH is 1. The van der Waals surface area contributed by atoms with Crippen molar-refractivity contribution < 1.29 is 5.11 Å². The molecule has 2 N–H and O–H groups in total. The van der Waals surface area contributed by atoms with Crippen molar-refractivity contribution in [2.75, 3.05) is 18.0 Å². The van der Waals surface area contributed by atoms with E-state index in [1.807, 2.05) is 4.90 Å². The van der Waals surface area contributed by atoms with E-state index in [1.54, 1.807) is 6.08 Å². The molecule has 1 aliphatic rings. The fourth-order valence-electron chi connectivity index (χ4n) is 2.34. The Balaban J connectivity index is 2.46. The molecule has 6 nitrogen and oxygen atoms in total. The number of anilines is 1. The maximum Gasteiger partial charge on any atom is 0.329 e. The summed E-state index contributed by atoms with van der Waals surface area (Å²) in [6.07, 6.45) is 3.06. The molecule has 1 aliphatic heterocycles. The van der Waals surface area contributed by atoms with Gasteiger partial charge in [0.2, 0.25) is 0 Å². The maximum atomic E-state index is 12.1. The van der Waals surface area contributed by atoms with Crippen LogP contribution in [0.25, 0.3) is 0 Å². The van der Waals surface area contributed by atoms with Gasteiger partial charge in [0.05, 0.1) is 11.7 Å². The zero-order valence-electron chi connectivity index (χ0n) is 11.1. The van der Waals surface area contributed by atoms with E-state index in [0.717, 1.165) is 4.57 Å². The van der Waals surface area contributed by atoms with Gasteiger partial charge in [0.1, 0.15) is 5.82 Å². The SMILES string of the molecule is C=CCc1c(N2CCC(O)CC2)[nH]c(=O)n(C)c1=O. The van der Waals surface area contributed by atoms with Gasteiger partial charge in [-0.1, -0.05) is 6.08 Å². The summed E-state index contributed by atoms with van der Waals surface area (Å²) in [6, 6.07) is 0. The molecule has 104 valence electrons. The van der Waals surface area contributed by atoms with Crippen molar-refractivity contribution in [3.8, 4) is 0 Å². The Hall–Kier alpha value is -1.82. The van der Waals surface area contributed by atoms with Crippen molar-refractivity contribution in [1.29, 1.82) is 0 Å². The Kier molecular flexibility index (Phi) is 3.90. The highest BCUT2D eigenvalue weighted by Crippen LogP contribution is 2.19. The van der Waals surface area contributed by atoms with Crippen molar-refractivity contribution in [3.63, 3.8) is 0 Å². The van der Waals surface area contributed by atoms with E-state index >= 15 is 0 Å². The fourth-order valence-corrected chi connectivity index (χ4v) is 2.34. The van der Waals surface area contributed by atoms with E-state index in [0.29, 0.717) is 43.7 Å². The molecule has 2 heterocycles. The molecule has 2 rings (SSSR count). The summed E-state index contributed by atoms with van der Waals surface area (Å²) in [5, 5.41) is 9.52. The molecule has 0 spiro atoms. The first-order chi connectivity index (χ1) is 9.04. The van der Waals surface area contributed by atoms with E-state index in [2.05, 4.69) is 11.6 Å². The smallest absolute Gasteiger partial charge is 0.329 e. The zero-order chi connectivity index (χ0) is 14.0. The van der Waals surface area contributed by atoms with E-state index in [9.17, 15) is 14.7 Å².